The Labute approximate surface area is 178 Å². The number of pyridine rings is 1. The van der Waals surface area contributed by atoms with E-state index in [0.717, 1.165) is 5.56 Å². The molecule has 0 saturated carbocycles. The highest BCUT2D eigenvalue weighted by molar-refractivity contribution is 7.90. The van der Waals surface area contributed by atoms with E-state index < -0.39 is 10.2 Å². The Balaban J connectivity index is 1.94. The van der Waals surface area contributed by atoms with Gasteiger partial charge in [-0.05, 0) is 50.7 Å². The van der Waals surface area contributed by atoms with Gasteiger partial charge in [-0.25, -0.2) is 0 Å². The molecule has 1 aromatic heterocycles. The lowest BCUT2D eigenvalue weighted by Crippen LogP contribution is -2.55. The van der Waals surface area contributed by atoms with Crippen molar-refractivity contribution in [3.05, 3.63) is 59.4 Å². The van der Waals surface area contributed by atoms with Crippen molar-refractivity contribution in [1.29, 1.82) is 0 Å². The number of benzene rings is 1. The lowest BCUT2D eigenvalue weighted by molar-refractivity contribution is 0.100. The smallest absolute Gasteiger partial charge is 0.304 e. The van der Waals surface area contributed by atoms with Gasteiger partial charge in [0.05, 0.1) is 24.5 Å². The number of carbonyl (C=O) groups is 1. The quantitative estimate of drug-likeness (QED) is 0.666. The standard InChI is InChI=1S/C21H29N5O3S/c1-16-5-4-6-20(11-16)26(15-19-8-7-18(13-23-19)21(27)12-22)30(28,29)25-10-9-24(3)17(2)14-25/h4-8,11,13,17H,9-10,12,14-15,22H2,1-3H3/t17-/m1/s1. The number of anilines is 1. The van der Waals surface area contributed by atoms with E-state index in [0.29, 0.717) is 36.6 Å². The summed E-state index contributed by atoms with van der Waals surface area (Å²) in [5.41, 5.74) is 7.92. The molecule has 0 bridgehead atoms. The molecule has 1 aliphatic rings. The van der Waals surface area contributed by atoms with E-state index in [9.17, 15) is 13.2 Å². The molecule has 2 heterocycles. The van der Waals surface area contributed by atoms with Gasteiger partial charge in [0, 0.05) is 37.4 Å². The van der Waals surface area contributed by atoms with Crippen LogP contribution in [0.4, 0.5) is 5.69 Å². The topological polar surface area (TPSA) is 99.8 Å². The van der Waals surface area contributed by atoms with Gasteiger partial charge >= 0.3 is 10.2 Å². The van der Waals surface area contributed by atoms with E-state index in [1.165, 1.54) is 14.8 Å². The predicted molar refractivity (Wildman–Crippen MR) is 118 cm³/mol. The number of nitrogens with zero attached hydrogens (tertiary/aromatic N) is 4. The molecule has 162 valence electrons. The lowest BCUT2D eigenvalue weighted by atomic mass is 10.2. The number of aryl methyl sites for hydroxylation is 1. The minimum absolute atomic E-state index is 0.0730. The van der Waals surface area contributed by atoms with Crippen LogP contribution in [0.5, 0.6) is 0 Å². The number of hydrogen-bond donors (Lipinski definition) is 1. The number of rotatable bonds is 7. The van der Waals surface area contributed by atoms with Gasteiger partial charge in [-0.2, -0.15) is 12.7 Å². The molecular weight excluding hydrogens is 402 g/mol. The summed E-state index contributed by atoms with van der Waals surface area (Å²) in [6, 6.07) is 10.9. The number of ketones is 1. The molecule has 8 nitrogen and oxygen atoms in total. The van der Waals surface area contributed by atoms with Crippen LogP contribution in [0.2, 0.25) is 0 Å². The first-order valence-electron chi connectivity index (χ1n) is 9.95. The van der Waals surface area contributed by atoms with E-state index in [1.54, 1.807) is 18.2 Å². The Bertz CT molecular complexity index is 994. The van der Waals surface area contributed by atoms with Crippen LogP contribution in [0.1, 0.15) is 28.5 Å². The van der Waals surface area contributed by atoms with Crippen LogP contribution >= 0.6 is 0 Å². The van der Waals surface area contributed by atoms with Gasteiger partial charge in [-0.1, -0.05) is 12.1 Å². The lowest BCUT2D eigenvalue weighted by Gasteiger charge is -2.39. The van der Waals surface area contributed by atoms with Crippen LogP contribution in [-0.2, 0) is 16.8 Å². The molecule has 0 radical (unpaired) electrons. The molecule has 3 rings (SSSR count). The van der Waals surface area contributed by atoms with Crippen molar-refractivity contribution >= 4 is 21.7 Å². The monoisotopic (exact) mass is 431 g/mol. The van der Waals surface area contributed by atoms with Gasteiger partial charge in [0.15, 0.2) is 5.78 Å². The zero-order valence-electron chi connectivity index (χ0n) is 17.7. The number of piperazine rings is 1. The maximum atomic E-state index is 13.6. The second-order valence-corrected chi connectivity index (χ2v) is 9.56. The van der Waals surface area contributed by atoms with Crippen molar-refractivity contribution in [2.45, 2.75) is 26.4 Å². The summed E-state index contributed by atoms with van der Waals surface area (Å²) >= 11 is 0. The first-order chi connectivity index (χ1) is 14.2. The molecule has 0 unspecified atom stereocenters. The Morgan fingerprint density at radius 1 is 1.27 bits per heavy atom. The second-order valence-electron chi connectivity index (χ2n) is 7.71. The maximum absolute atomic E-state index is 13.6. The molecule has 1 aromatic carbocycles. The van der Waals surface area contributed by atoms with Crippen LogP contribution < -0.4 is 10.0 Å². The fraction of sp³-hybridized carbons (Fsp3) is 0.429. The van der Waals surface area contributed by atoms with Gasteiger partial charge in [0.25, 0.3) is 0 Å². The fourth-order valence-corrected chi connectivity index (χ4v) is 5.07. The molecule has 9 heteroatoms. The number of Topliss-reactive ketones (excluding diaryl/α,β-unsaturated/α-hetero) is 1. The van der Waals surface area contributed by atoms with Crippen molar-refractivity contribution < 1.29 is 13.2 Å². The minimum atomic E-state index is -3.77. The number of hydrogen-bond acceptors (Lipinski definition) is 6. The van der Waals surface area contributed by atoms with Crippen LogP contribution in [0, 0.1) is 6.92 Å². The van der Waals surface area contributed by atoms with Crippen LogP contribution in [-0.4, -0.2) is 67.7 Å². The molecule has 0 aliphatic carbocycles. The average molecular weight is 432 g/mol. The van der Waals surface area contributed by atoms with Crippen molar-refractivity contribution in [3.8, 4) is 0 Å². The highest BCUT2D eigenvalue weighted by Crippen LogP contribution is 2.25. The summed E-state index contributed by atoms with van der Waals surface area (Å²) in [6.45, 7) is 5.47. The molecule has 2 N–H and O–H groups in total. The number of aromatic nitrogens is 1. The third-order valence-corrected chi connectivity index (χ3v) is 7.34. The first kappa shape index (κ1) is 22.4. The Kier molecular flexibility index (Phi) is 6.87. The molecule has 1 saturated heterocycles. The molecule has 2 aromatic rings. The molecular formula is C21H29N5O3S. The largest absolute Gasteiger partial charge is 0.324 e. The van der Waals surface area contributed by atoms with Gasteiger partial charge in [0.2, 0.25) is 0 Å². The summed E-state index contributed by atoms with van der Waals surface area (Å²) in [6.07, 6.45) is 1.45. The molecule has 0 spiro atoms. The molecule has 0 amide bonds. The van der Waals surface area contributed by atoms with Crippen molar-refractivity contribution in [3.63, 3.8) is 0 Å². The Morgan fingerprint density at radius 3 is 2.63 bits per heavy atom. The number of nitrogens with two attached hydrogens (primary N) is 1. The van der Waals surface area contributed by atoms with Crippen molar-refractivity contribution in [2.24, 2.45) is 5.73 Å². The van der Waals surface area contributed by atoms with E-state index >= 15 is 0 Å². The van der Waals surface area contributed by atoms with Crippen LogP contribution in [0.15, 0.2) is 42.6 Å². The zero-order valence-corrected chi connectivity index (χ0v) is 18.5. The fourth-order valence-electron chi connectivity index (χ4n) is 3.40. The molecule has 1 aliphatic heterocycles. The number of carbonyl (C=O) groups excluding carboxylic acids is 1. The maximum Gasteiger partial charge on any atom is 0.304 e. The Morgan fingerprint density at radius 2 is 2.03 bits per heavy atom. The van der Waals surface area contributed by atoms with Crippen molar-refractivity contribution in [1.82, 2.24) is 14.2 Å². The molecule has 1 atom stereocenters. The Hall–Kier alpha value is -2.33. The predicted octanol–water partition coefficient (Wildman–Crippen LogP) is 1.42. The SMILES string of the molecule is Cc1cccc(N(Cc2ccc(C(=O)CN)cn2)S(=O)(=O)N2CCN(C)[C@H](C)C2)c1. The highest BCUT2D eigenvalue weighted by atomic mass is 32.2. The van der Waals surface area contributed by atoms with Gasteiger partial charge in [-0.15, -0.1) is 0 Å². The van der Waals surface area contributed by atoms with E-state index in [1.807, 2.05) is 39.1 Å². The summed E-state index contributed by atoms with van der Waals surface area (Å²) < 4.78 is 30.1. The van der Waals surface area contributed by atoms with E-state index in [-0.39, 0.29) is 24.9 Å². The number of likely N-dealkylation sites (N-methyl/N-ethyl adjacent to an activating group) is 1. The second kappa shape index (κ2) is 9.22. The zero-order chi connectivity index (χ0) is 21.9. The minimum Gasteiger partial charge on any atom is -0.324 e. The van der Waals surface area contributed by atoms with E-state index in [4.69, 9.17) is 5.73 Å². The first-order valence-corrected chi connectivity index (χ1v) is 11.3. The third-order valence-electron chi connectivity index (χ3n) is 5.45. The van der Waals surface area contributed by atoms with E-state index in [2.05, 4.69) is 9.88 Å². The summed E-state index contributed by atoms with van der Waals surface area (Å²) in [5.74, 6) is -0.205. The highest BCUT2D eigenvalue weighted by Gasteiger charge is 2.34. The van der Waals surface area contributed by atoms with Gasteiger partial charge < -0.3 is 10.6 Å². The van der Waals surface area contributed by atoms with Gasteiger partial charge in [-0.3, -0.25) is 14.1 Å². The average Bonchev–Trinajstić information content (AvgIpc) is 2.73. The van der Waals surface area contributed by atoms with Gasteiger partial charge in [0.1, 0.15) is 0 Å². The van der Waals surface area contributed by atoms with Crippen LogP contribution in [0.3, 0.4) is 0 Å². The molecule has 1 fully saturated rings. The van der Waals surface area contributed by atoms with Crippen molar-refractivity contribution in [2.75, 3.05) is 37.5 Å². The molecule has 30 heavy (non-hydrogen) atoms. The third kappa shape index (κ3) is 4.86. The van der Waals surface area contributed by atoms with Crippen LogP contribution in [0.25, 0.3) is 0 Å². The summed E-state index contributed by atoms with van der Waals surface area (Å²) in [4.78, 5) is 18.2. The summed E-state index contributed by atoms with van der Waals surface area (Å²) in [7, 11) is -1.77. The summed E-state index contributed by atoms with van der Waals surface area (Å²) in [5, 5.41) is 0. The normalized spacial score (nSPS) is 18.3.